The van der Waals surface area contributed by atoms with Crippen LogP contribution in [0, 0.1) is 0 Å². The number of hydrogen-bond donors (Lipinski definition) is 1. The van der Waals surface area contributed by atoms with Crippen LogP contribution in [-0.2, 0) is 16.6 Å². The molecular formula is C19H30N2O. The molecule has 0 saturated carbocycles. The monoisotopic (exact) mass is 302 g/mol. The minimum atomic E-state index is 0.177. The molecule has 1 amide bonds. The number of rotatable bonds is 3. The quantitative estimate of drug-likeness (QED) is 0.931. The Morgan fingerprint density at radius 1 is 1.27 bits per heavy atom. The average Bonchev–Trinajstić information content (AvgIpc) is 2.44. The van der Waals surface area contributed by atoms with Crippen molar-refractivity contribution in [2.45, 2.75) is 70.9 Å². The highest BCUT2D eigenvalue weighted by Gasteiger charge is 2.26. The van der Waals surface area contributed by atoms with Crippen LogP contribution < -0.4 is 5.73 Å². The maximum absolute atomic E-state index is 12.4. The fraction of sp³-hybridized carbons (Fsp3) is 0.632. The van der Waals surface area contributed by atoms with Crippen molar-refractivity contribution in [1.82, 2.24) is 4.90 Å². The number of likely N-dealkylation sites (tertiary alicyclic amines) is 1. The van der Waals surface area contributed by atoms with E-state index in [2.05, 4.69) is 52.0 Å². The van der Waals surface area contributed by atoms with Gasteiger partial charge in [0.2, 0.25) is 5.91 Å². The van der Waals surface area contributed by atoms with Crippen molar-refractivity contribution in [3.63, 3.8) is 0 Å². The van der Waals surface area contributed by atoms with Crippen LogP contribution in [0.3, 0.4) is 0 Å². The summed E-state index contributed by atoms with van der Waals surface area (Å²) in [5.41, 5.74) is 8.71. The summed E-state index contributed by atoms with van der Waals surface area (Å²) in [6.45, 7) is 9.56. The first-order valence-electron chi connectivity index (χ1n) is 8.42. The molecule has 1 aliphatic rings. The zero-order valence-corrected chi connectivity index (χ0v) is 14.4. The van der Waals surface area contributed by atoms with Crippen LogP contribution in [-0.4, -0.2) is 29.4 Å². The van der Waals surface area contributed by atoms with Gasteiger partial charge in [0, 0.05) is 25.0 Å². The lowest BCUT2D eigenvalue weighted by Crippen LogP contribution is -2.48. The van der Waals surface area contributed by atoms with Gasteiger partial charge in [0.1, 0.15) is 0 Å². The molecule has 1 fully saturated rings. The highest BCUT2D eigenvalue weighted by atomic mass is 16.2. The maximum atomic E-state index is 12.4. The Kier molecular flexibility index (Phi) is 5.28. The number of piperidine rings is 1. The van der Waals surface area contributed by atoms with Crippen LogP contribution in [0.5, 0.6) is 0 Å². The second-order valence-corrected chi connectivity index (χ2v) is 7.67. The second-order valence-electron chi connectivity index (χ2n) is 7.67. The predicted octanol–water partition coefficient (Wildman–Crippen LogP) is 3.25. The Bertz CT molecular complexity index is 501. The lowest BCUT2D eigenvalue weighted by atomic mass is 9.86. The van der Waals surface area contributed by atoms with Crippen molar-refractivity contribution < 1.29 is 4.79 Å². The molecule has 1 heterocycles. The topological polar surface area (TPSA) is 46.3 Å². The molecule has 0 radical (unpaired) electrons. The van der Waals surface area contributed by atoms with Gasteiger partial charge in [-0.2, -0.15) is 0 Å². The minimum Gasteiger partial charge on any atom is -0.340 e. The zero-order valence-electron chi connectivity index (χ0n) is 14.4. The van der Waals surface area contributed by atoms with Crippen molar-refractivity contribution in [2.24, 2.45) is 5.73 Å². The van der Waals surface area contributed by atoms with Gasteiger partial charge in [-0.05, 0) is 42.7 Å². The molecule has 3 nitrogen and oxygen atoms in total. The molecule has 2 rings (SSSR count). The van der Waals surface area contributed by atoms with Crippen molar-refractivity contribution in [2.75, 3.05) is 6.54 Å². The molecule has 1 aromatic carbocycles. The first kappa shape index (κ1) is 17.0. The summed E-state index contributed by atoms with van der Waals surface area (Å²) in [4.78, 5) is 14.4. The number of hydrogen-bond acceptors (Lipinski definition) is 2. The molecule has 0 aromatic heterocycles. The third-order valence-electron chi connectivity index (χ3n) is 4.68. The van der Waals surface area contributed by atoms with Gasteiger partial charge >= 0.3 is 0 Å². The number of amides is 1. The van der Waals surface area contributed by atoms with Gasteiger partial charge in [0.15, 0.2) is 0 Å². The lowest BCUT2D eigenvalue weighted by Gasteiger charge is -2.36. The van der Waals surface area contributed by atoms with E-state index < -0.39 is 0 Å². The number of aryl methyl sites for hydroxylation is 1. The van der Waals surface area contributed by atoms with E-state index in [1.807, 2.05) is 4.90 Å². The molecule has 1 aliphatic heterocycles. The zero-order chi connectivity index (χ0) is 16.3. The van der Waals surface area contributed by atoms with Crippen molar-refractivity contribution in [1.29, 1.82) is 0 Å². The van der Waals surface area contributed by atoms with Crippen LogP contribution in [0.4, 0.5) is 0 Å². The number of benzene rings is 1. The van der Waals surface area contributed by atoms with Gasteiger partial charge < -0.3 is 10.6 Å². The standard InChI is InChI=1S/C19H30N2O/c1-14-13-17(20)11-12-21(14)18(22)10-7-15-5-8-16(9-6-15)19(2,3)4/h5-6,8-9,14,17H,7,10-13,20H2,1-4H3/t14-,17+/m0/s1. The SMILES string of the molecule is C[C@H]1C[C@H](N)CCN1C(=O)CCc1ccc(C(C)(C)C)cc1. The molecule has 0 unspecified atom stereocenters. The Balaban J connectivity index is 1.88. The first-order valence-corrected chi connectivity index (χ1v) is 8.42. The minimum absolute atomic E-state index is 0.177. The van der Waals surface area contributed by atoms with E-state index in [4.69, 9.17) is 5.73 Å². The van der Waals surface area contributed by atoms with Crippen molar-refractivity contribution >= 4 is 5.91 Å². The third-order valence-corrected chi connectivity index (χ3v) is 4.68. The maximum Gasteiger partial charge on any atom is 0.223 e. The van der Waals surface area contributed by atoms with Crippen LogP contribution in [0.25, 0.3) is 0 Å². The summed E-state index contributed by atoms with van der Waals surface area (Å²) in [6, 6.07) is 9.21. The van der Waals surface area contributed by atoms with Crippen molar-refractivity contribution in [3.05, 3.63) is 35.4 Å². The van der Waals surface area contributed by atoms with E-state index in [-0.39, 0.29) is 23.4 Å². The van der Waals surface area contributed by atoms with Crippen molar-refractivity contribution in [3.8, 4) is 0 Å². The summed E-state index contributed by atoms with van der Waals surface area (Å²) in [5, 5.41) is 0. The largest absolute Gasteiger partial charge is 0.340 e. The molecule has 22 heavy (non-hydrogen) atoms. The Hall–Kier alpha value is -1.35. The normalized spacial score (nSPS) is 22.7. The summed E-state index contributed by atoms with van der Waals surface area (Å²) < 4.78 is 0. The molecule has 3 heteroatoms. The fourth-order valence-corrected chi connectivity index (χ4v) is 3.15. The molecule has 1 saturated heterocycles. The smallest absolute Gasteiger partial charge is 0.223 e. The van der Waals surface area contributed by atoms with Crippen LogP contribution in [0.15, 0.2) is 24.3 Å². The summed E-state index contributed by atoms with van der Waals surface area (Å²) in [5.74, 6) is 0.263. The Morgan fingerprint density at radius 2 is 1.91 bits per heavy atom. The summed E-state index contributed by atoms with van der Waals surface area (Å²) >= 11 is 0. The molecule has 1 aromatic rings. The third kappa shape index (κ3) is 4.33. The molecule has 2 N–H and O–H groups in total. The number of nitrogens with two attached hydrogens (primary N) is 1. The predicted molar refractivity (Wildman–Crippen MR) is 91.8 cm³/mol. The molecule has 0 bridgehead atoms. The second kappa shape index (κ2) is 6.82. The lowest BCUT2D eigenvalue weighted by molar-refractivity contribution is -0.134. The average molecular weight is 302 g/mol. The Morgan fingerprint density at radius 3 is 2.45 bits per heavy atom. The number of nitrogens with zero attached hydrogens (tertiary/aromatic N) is 1. The van der Waals surface area contributed by atoms with E-state index in [9.17, 15) is 4.79 Å². The van der Waals surface area contributed by atoms with Crippen LogP contribution >= 0.6 is 0 Å². The van der Waals surface area contributed by atoms with Crippen LogP contribution in [0.1, 0.15) is 58.1 Å². The van der Waals surface area contributed by atoms with Gasteiger partial charge in [-0.25, -0.2) is 0 Å². The first-order chi connectivity index (χ1) is 10.3. The van der Waals surface area contributed by atoms with Gasteiger partial charge in [0.05, 0.1) is 0 Å². The molecule has 2 atom stereocenters. The highest BCUT2D eigenvalue weighted by molar-refractivity contribution is 5.76. The fourth-order valence-electron chi connectivity index (χ4n) is 3.15. The number of carbonyl (C=O) groups is 1. The molecule has 122 valence electrons. The van der Waals surface area contributed by atoms with Gasteiger partial charge in [0.25, 0.3) is 0 Å². The van der Waals surface area contributed by atoms with Gasteiger partial charge in [-0.15, -0.1) is 0 Å². The Labute approximate surface area is 134 Å². The summed E-state index contributed by atoms with van der Waals surface area (Å²) in [7, 11) is 0. The van der Waals surface area contributed by atoms with Gasteiger partial charge in [-0.3, -0.25) is 4.79 Å². The van der Waals surface area contributed by atoms with E-state index in [1.54, 1.807) is 0 Å². The molecular weight excluding hydrogens is 272 g/mol. The highest BCUT2D eigenvalue weighted by Crippen LogP contribution is 2.23. The van der Waals surface area contributed by atoms with E-state index in [1.165, 1.54) is 11.1 Å². The van der Waals surface area contributed by atoms with Crippen LogP contribution in [0.2, 0.25) is 0 Å². The van der Waals surface area contributed by atoms with E-state index >= 15 is 0 Å². The van der Waals surface area contributed by atoms with E-state index in [0.717, 1.165) is 25.8 Å². The van der Waals surface area contributed by atoms with E-state index in [0.29, 0.717) is 6.42 Å². The summed E-state index contributed by atoms with van der Waals surface area (Å²) in [6.07, 6.45) is 3.26. The molecule has 0 spiro atoms. The van der Waals surface area contributed by atoms with Gasteiger partial charge in [-0.1, -0.05) is 45.0 Å². The number of carbonyl (C=O) groups excluding carboxylic acids is 1. The molecule has 0 aliphatic carbocycles.